The molecule has 3 nitrogen and oxygen atoms in total. The predicted octanol–water partition coefficient (Wildman–Crippen LogP) is 1.54. The average Bonchev–Trinajstić information content (AvgIpc) is 2.52. The van der Waals surface area contributed by atoms with Crippen molar-refractivity contribution in [2.24, 2.45) is 0 Å². The molecular formula is C10H17F3N2O. The van der Waals surface area contributed by atoms with Crippen molar-refractivity contribution in [1.29, 1.82) is 0 Å². The van der Waals surface area contributed by atoms with E-state index in [0.29, 0.717) is 6.54 Å². The molecule has 1 saturated heterocycles. The van der Waals surface area contributed by atoms with Gasteiger partial charge in [0.2, 0.25) is 0 Å². The van der Waals surface area contributed by atoms with E-state index >= 15 is 0 Å². The Balaban J connectivity index is 2.47. The van der Waals surface area contributed by atoms with Crippen molar-refractivity contribution in [2.75, 3.05) is 19.6 Å². The molecule has 0 atom stereocenters. The lowest BCUT2D eigenvalue weighted by Crippen LogP contribution is -2.54. The van der Waals surface area contributed by atoms with E-state index in [4.69, 9.17) is 0 Å². The Morgan fingerprint density at radius 3 is 2.19 bits per heavy atom. The number of nitrogens with one attached hydrogen (secondary N) is 1. The Bertz CT molecular complexity index is 257. The summed E-state index contributed by atoms with van der Waals surface area (Å²) in [6.45, 7) is 5.45. The first-order chi connectivity index (χ1) is 7.21. The molecule has 6 heteroatoms. The van der Waals surface area contributed by atoms with Gasteiger partial charge in [-0.3, -0.25) is 4.79 Å². The van der Waals surface area contributed by atoms with Crippen LogP contribution in [0.15, 0.2) is 0 Å². The van der Waals surface area contributed by atoms with Crippen molar-refractivity contribution >= 4 is 5.91 Å². The van der Waals surface area contributed by atoms with Gasteiger partial charge < -0.3 is 10.2 Å². The number of likely N-dealkylation sites (tertiary alicyclic amines) is 1. The summed E-state index contributed by atoms with van der Waals surface area (Å²) >= 11 is 0. The van der Waals surface area contributed by atoms with Gasteiger partial charge in [0, 0.05) is 12.1 Å². The maximum Gasteiger partial charge on any atom is 0.471 e. The molecule has 0 radical (unpaired) electrons. The monoisotopic (exact) mass is 238 g/mol. The minimum atomic E-state index is -4.80. The fourth-order valence-electron chi connectivity index (χ4n) is 1.92. The largest absolute Gasteiger partial charge is 0.471 e. The Kier molecular flexibility index (Phi) is 3.83. The maximum atomic E-state index is 12.1. The summed E-state index contributed by atoms with van der Waals surface area (Å²) in [6, 6.07) is 0. The summed E-state index contributed by atoms with van der Waals surface area (Å²) in [6.07, 6.45) is -2.66. The number of rotatable bonds is 3. The summed E-state index contributed by atoms with van der Waals surface area (Å²) in [5, 5.41) is 2.02. The molecule has 1 N–H and O–H groups in total. The molecule has 1 amide bonds. The fraction of sp³-hybridized carbons (Fsp3) is 0.900. The van der Waals surface area contributed by atoms with Gasteiger partial charge in [0.15, 0.2) is 0 Å². The number of carbonyl (C=O) groups excluding carboxylic acids is 1. The normalized spacial score (nSPS) is 18.8. The van der Waals surface area contributed by atoms with Crippen LogP contribution in [0.2, 0.25) is 0 Å². The van der Waals surface area contributed by atoms with Crippen LogP contribution in [0.3, 0.4) is 0 Å². The third-order valence-electron chi connectivity index (χ3n) is 2.53. The summed E-state index contributed by atoms with van der Waals surface area (Å²) in [5.41, 5.74) is -0.850. The molecule has 0 unspecified atom stereocenters. The van der Waals surface area contributed by atoms with E-state index < -0.39 is 17.6 Å². The van der Waals surface area contributed by atoms with Crippen LogP contribution in [0.1, 0.15) is 26.7 Å². The van der Waals surface area contributed by atoms with Gasteiger partial charge >= 0.3 is 12.1 Å². The van der Waals surface area contributed by atoms with Crippen LogP contribution in [0.5, 0.6) is 0 Å². The molecule has 0 spiro atoms. The van der Waals surface area contributed by atoms with E-state index in [0.717, 1.165) is 25.9 Å². The van der Waals surface area contributed by atoms with E-state index in [9.17, 15) is 18.0 Å². The average molecular weight is 238 g/mol. The lowest BCUT2D eigenvalue weighted by Gasteiger charge is -2.31. The van der Waals surface area contributed by atoms with Crippen molar-refractivity contribution in [3.8, 4) is 0 Å². The first-order valence-corrected chi connectivity index (χ1v) is 5.32. The minimum absolute atomic E-state index is 0.453. The summed E-state index contributed by atoms with van der Waals surface area (Å²) in [4.78, 5) is 12.9. The molecule has 0 aromatic heterocycles. The first-order valence-electron chi connectivity index (χ1n) is 5.32. The van der Waals surface area contributed by atoms with E-state index in [2.05, 4.69) is 4.90 Å². The SMILES string of the molecule is CC(C)(CN1CCCC1)NC(=O)C(F)(F)F. The van der Waals surface area contributed by atoms with Crippen molar-refractivity contribution in [3.05, 3.63) is 0 Å². The van der Waals surface area contributed by atoms with Crippen molar-refractivity contribution < 1.29 is 18.0 Å². The van der Waals surface area contributed by atoms with Crippen LogP contribution < -0.4 is 5.32 Å². The highest BCUT2D eigenvalue weighted by Crippen LogP contribution is 2.18. The lowest BCUT2D eigenvalue weighted by atomic mass is 10.1. The van der Waals surface area contributed by atoms with Crippen LogP contribution in [0.25, 0.3) is 0 Å². The first kappa shape index (κ1) is 13.3. The molecule has 0 bridgehead atoms. The third-order valence-corrected chi connectivity index (χ3v) is 2.53. The van der Waals surface area contributed by atoms with Crippen LogP contribution in [0, 0.1) is 0 Å². The molecule has 0 aliphatic carbocycles. The summed E-state index contributed by atoms with van der Waals surface area (Å²) < 4.78 is 36.2. The number of nitrogens with zero attached hydrogens (tertiary/aromatic N) is 1. The molecule has 1 aliphatic heterocycles. The molecule has 0 aromatic carbocycles. The highest BCUT2D eigenvalue weighted by atomic mass is 19.4. The summed E-state index contributed by atoms with van der Waals surface area (Å²) in [5.74, 6) is -1.86. The zero-order chi connectivity index (χ0) is 12.4. The van der Waals surface area contributed by atoms with Crippen molar-refractivity contribution in [3.63, 3.8) is 0 Å². The van der Waals surface area contributed by atoms with Crippen molar-refractivity contribution in [1.82, 2.24) is 10.2 Å². The molecular weight excluding hydrogens is 221 g/mol. The number of hydrogen-bond donors (Lipinski definition) is 1. The number of halogens is 3. The van der Waals surface area contributed by atoms with Gasteiger partial charge in [0.1, 0.15) is 0 Å². The van der Waals surface area contributed by atoms with Gasteiger partial charge in [0.25, 0.3) is 0 Å². The predicted molar refractivity (Wildman–Crippen MR) is 54.0 cm³/mol. The third kappa shape index (κ3) is 4.00. The van der Waals surface area contributed by atoms with E-state index in [1.54, 1.807) is 13.8 Å². The summed E-state index contributed by atoms with van der Waals surface area (Å²) in [7, 11) is 0. The minimum Gasteiger partial charge on any atom is -0.342 e. The second kappa shape index (κ2) is 4.61. The standard InChI is InChI=1S/C10H17F3N2O/c1-9(2,7-15-5-3-4-6-15)14-8(16)10(11,12)13/h3-7H2,1-2H3,(H,14,16). The van der Waals surface area contributed by atoms with Gasteiger partial charge in [-0.05, 0) is 39.8 Å². The number of amides is 1. The second-order valence-electron chi connectivity index (χ2n) is 4.82. The highest BCUT2D eigenvalue weighted by Gasteiger charge is 2.41. The Morgan fingerprint density at radius 1 is 1.25 bits per heavy atom. The molecule has 1 fully saturated rings. The molecule has 1 heterocycles. The second-order valence-corrected chi connectivity index (χ2v) is 4.82. The molecule has 1 aliphatic rings. The smallest absolute Gasteiger partial charge is 0.342 e. The van der Waals surface area contributed by atoms with E-state index in [1.807, 2.05) is 5.32 Å². The number of alkyl halides is 3. The van der Waals surface area contributed by atoms with Crippen LogP contribution in [0.4, 0.5) is 13.2 Å². The molecule has 1 rings (SSSR count). The quantitative estimate of drug-likeness (QED) is 0.809. The zero-order valence-electron chi connectivity index (χ0n) is 9.52. The zero-order valence-corrected chi connectivity index (χ0v) is 9.52. The van der Waals surface area contributed by atoms with Crippen LogP contribution in [-0.2, 0) is 4.79 Å². The van der Waals surface area contributed by atoms with E-state index in [-0.39, 0.29) is 0 Å². The van der Waals surface area contributed by atoms with Crippen LogP contribution >= 0.6 is 0 Å². The van der Waals surface area contributed by atoms with Crippen LogP contribution in [-0.4, -0.2) is 42.2 Å². The fourth-order valence-corrected chi connectivity index (χ4v) is 1.92. The lowest BCUT2D eigenvalue weighted by molar-refractivity contribution is -0.175. The maximum absolute atomic E-state index is 12.1. The molecule has 0 aromatic rings. The molecule has 94 valence electrons. The Hall–Kier alpha value is -0.780. The molecule has 0 saturated carbocycles. The Labute approximate surface area is 93.0 Å². The number of carbonyl (C=O) groups is 1. The number of hydrogen-bond acceptors (Lipinski definition) is 2. The van der Waals surface area contributed by atoms with Gasteiger partial charge in [-0.15, -0.1) is 0 Å². The van der Waals surface area contributed by atoms with Crippen molar-refractivity contribution in [2.45, 2.75) is 38.4 Å². The van der Waals surface area contributed by atoms with Gasteiger partial charge in [-0.25, -0.2) is 0 Å². The van der Waals surface area contributed by atoms with E-state index in [1.165, 1.54) is 0 Å². The molecule has 16 heavy (non-hydrogen) atoms. The topological polar surface area (TPSA) is 32.3 Å². The Morgan fingerprint density at radius 2 is 1.75 bits per heavy atom. The highest BCUT2D eigenvalue weighted by molar-refractivity contribution is 5.82. The van der Waals surface area contributed by atoms with Gasteiger partial charge in [0.05, 0.1) is 0 Å². The van der Waals surface area contributed by atoms with Gasteiger partial charge in [-0.2, -0.15) is 13.2 Å². The van der Waals surface area contributed by atoms with Gasteiger partial charge in [-0.1, -0.05) is 0 Å².